The minimum atomic E-state index is 0.418. The molecule has 6 nitrogen and oxygen atoms in total. The van der Waals surface area contributed by atoms with Gasteiger partial charge in [0, 0.05) is 16.1 Å². The lowest BCUT2D eigenvalue weighted by Crippen LogP contribution is -1.80. The molecule has 4 aromatic rings. The zero-order valence-electron chi connectivity index (χ0n) is 13.7. The van der Waals surface area contributed by atoms with Gasteiger partial charge in [-0.2, -0.15) is 0 Å². The molecular formula is C18H13ClN4O2S. The first-order valence-corrected chi connectivity index (χ1v) is 9.15. The van der Waals surface area contributed by atoms with Gasteiger partial charge in [-0.1, -0.05) is 47.1 Å². The highest BCUT2D eigenvalue weighted by atomic mass is 35.5. The van der Waals surface area contributed by atoms with E-state index in [0.29, 0.717) is 33.7 Å². The number of hydrogen-bond donors (Lipinski definition) is 0. The highest BCUT2D eigenvalue weighted by molar-refractivity contribution is 7.98. The monoisotopic (exact) mass is 384 g/mol. The van der Waals surface area contributed by atoms with Crippen molar-refractivity contribution in [3.63, 3.8) is 0 Å². The largest absolute Gasteiger partial charge is 0.420 e. The summed E-state index contributed by atoms with van der Waals surface area (Å²) in [5.74, 6) is 1.85. The molecule has 0 saturated carbocycles. The summed E-state index contributed by atoms with van der Waals surface area (Å²) in [5, 5.41) is 17.3. The van der Waals surface area contributed by atoms with Gasteiger partial charge in [0.1, 0.15) is 0 Å². The maximum absolute atomic E-state index is 5.98. The Kier molecular flexibility index (Phi) is 4.73. The third-order valence-corrected chi connectivity index (χ3v) is 4.57. The topological polar surface area (TPSA) is 77.8 Å². The number of nitrogens with zero attached hydrogens (tertiary/aromatic N) is 4. The van der Waals surface area contributed by atoms with E-state index in [1.54, 1.807) is 12.1 Å². The molecule has 26 heavy (non-hydrogen) atoms. The van der Waals surface area contributed by atoms with Gasteiger partial charge in [-0.05, 0) is 37.3 Å². The van der Waals surface area contributed by atoms with Crippen molar-refractivity contribution < 1.29 is 8.83 Å². The fourth-order valence-corrected chi connectivity index (χ4v) is 3.13. The van der Waals surface area contributed by atoms with Gasteiger partial charge >= 0.3 is 0 Å². The Hall–Kier alpha value is -2.64. The third-order valence-electron chi connectivity index (χ3n) is 3.53. The molecule has 0 bridgehead atoms. The van der Waals surface area contributed by atoms with Crippen molar-refractivity contribution in [1.29, 1.82) is 0 Å². The molecule has 0 fully saturated rings. The minimum absolute atomic E-state index is 0.418. The Balaban J connectivity index is 1.44. The van der Waals surface area contributed by atoms with Crippen molar-refractivity contribution in [3.8, 4) is 22.9 Å². The molecule has 0 amide bonds. The Morgan fingerprint density at radius 2 is 1.62 bits per heavy atom. The van der Waals surface area contributed by atoms with Crippen LogP contribution in [0.15, 0.2) is 62.6 Å². The van der Waals surface area contributed by atoms with E-state index in [0.717, 1.165) is 16.7 Å². The van der Waals surface area contributed by atoms with E-state index in [2.05, 4.69) is 20.4 Å². The van der Waals surface area contributed by atoms with Gasteiger partial charge in [-0.25, -0.2) is 0 Å². The van der Waals surface area contributed by atoms with Crippen LogP contribution in [0.5, 0.6) is 0 Å². The molecule has 2 heterocycles. The first-order valence-electron chi connectivity index (χ1n) is 7.79. The zero-order chi connectivity index (χ0) is 17.9. The van der Waals surface area contributed by atoms with Crippen LogP contribution in [-0.4, -0.2) is 20.4 Å². The van der Waals surface area contributed by atoms with Gasteiger partial charge in [0.05, 0.1) is 5.75 Å². The van der Waals surface area contributed by atoms with Gasteiger partial charge in [0.2, 0.25) is 17.7 Å². The minimum Gasteiger partial charge on any atom is -0.420 e. The van der Waals surface area contributed by atoms with Crippen LogP contribution in [0.3, 0.4) is 0 Å². The van der Waals surface area contributed by atoms with Crippen LogP contribution in [0, 0.1) is 6.92 Å². The summed E-state index contributed by atoms with van der Waals surface area (Å²) in [6.45, 7) is 2.02. The van der Waals surface area contributed by atoms with Crippen LogP contribution in [0.1, 0.15) is 11.5 Å². The van der Waals surface area contributed by atoms with E-state index >= 15 is 0 Å². The van der Waals surface area contributed by atoms with E-state index in [9.17, 15) is 0 Å². The van der Waals surface area contributed by atoms with Crippen LogP contribution in [-0.2, 0) is 5.75 Å². The highest BCUT2D eigenvalue weighted by Gasteiger charge is 2.13. The van der Waals surface area contributed by atoms with Crippen LogP contribution < -0.4 is 0 Å². The quantitative estimate of drug-likeness (QED) is 0.446. The molecule has 0 aliphatic rings. The standard InChI is InChI=1S/C18H13ClN4O2S/c1-11-4-2-5-12(8-11)16-21-20-15(24-16)10-26-18-23-22-17(25-18)13-6-3-7-14(19)9-13/h2-9H,10H2,1H3. The normalized spacial score (nSPS) is 11.0. The number of benzene rings is 2. The lowest BCUT2D eigenvalue weighted by molar-refractivity contribution is 0.464. The smallest absolute Gasteiger partial charge is 0.277 e. The van der Waals surface area contributed by atoms with Crippen LogP contribution >= 0.6 is 23.4 Å². The van der Waals surface area contributed by atoms with Crippen molar-refractivity contribution in [2.45, 2.75) is 17.9 Å². The van der Waals surface area contributed by atoms with Crippen LogP contribution in [0.4, 0.5) is 0 Å². The molecule has 0 unspecified atom stereocenters. The van der Waals surface area contributed by atoms with Crippen molar-refractivity contribution in [2.24, 2.45) is 0 Å². The maximum atomic E-state index is 5.98. The van der Waals surface area contributed by atoms with E-state index in [4.69, 9.17) is 20.4 Å². The second-order valence-electron chi connectivity index (χ2n) is 5.54. The predicted octanol–water partition coefficient (Wildman–Crippen LogP) is 5.04. The van der Waals surface area contributed by atoms with E-state index in [-0.39, 0.29) is 0 Å². The van der Waals surface area contributed by atoms with Crippen molar-refractivity contribution >= 4 is 23.4 Å². The second kappa shape index (κ2) is 7.31. The van der Waals surface area contributed by atoms with Crippen molar-refractivity contribution in [2.75, 3.05) is 0 Å². The molecule has 0 aliphatic heterocycles. The first-order chi connectivity index (χ1) is 12.7. The highest BCUT2D eigenvalue weighted by Crippen LogP contribution is 2.27. The van der Waals surface area contributed by atoms with Crippen molar-refractivity contribution in [3.05, 3.63) is 65.0 Å². The Labute approximate surface area is 158 Å². The van der Waals surface area contributed by atoms with E-state index < -0.39 is 0 Å². The first kappa shape index (κ1) is 16.8. The van der Waals surface area contributed by atoms with Gasteiger partial charge in [0.25, 0.3) is 5.22 Å². The molecule has 2 aromatic carbocycles. The van der Waals surface area contributed by atoms with Gasteiger partial charge in [0.15, 0.2) is 0 Å². The molecule has 130 valence electrons. The average molecular weight is 385 g/mol. The van der Waals surface area contributed by atoms with Gasteiger partial charge in [-0.15, -0.1) is 20.4 Å². The second-order valence-corrected chi connectivity index (χ2v) is 6.91. The lowest BCUT2D eigenvalue weighted by Gasteiger charge is -1.96. The third kappa shape index (κ3) is 3.79. The van der Waals surface area contributed by atoms with Gasteiger partial charge in [-0.3, -0.25) is 0 Å². The van der Waals surface area contributed by atoms with Crippen LogP contribution in [0.25, 0.3) is 22.9 Å². The summed E-state index contributed by atoms with van der Waals surface area (Å²) in [6, 6.07) is 15.2. The molecule has 0 radical (unpaired) electrons. The molecule has 0 aliphatic carbocycles. The molecular weight excluding hydrogens is 372 g/mol. The van der Waals surface area contributed by atoms with E-state index in [1.165, 1.54) is 11.8 Å². The maximum Gasteiger partial charge on any atom is 0.277 e. The number of aryl methyl sites for hydroxylation is 1. The predicted molar refractivity (Wildman–Crippen MR) is 98.8 cm³/mol. The lowest BCUT2D eigenvalue weighted by atomic mass is 10.1. The fourth-order valence-electron chi connectivity index (χ4n) is 2.34. The Bertz CT molecular complexity index is 963. The molecule has 8 heteroatoms. The zero-order valence-corrected chi connectivity index (χ0v) is 15.3. The number of hydrogen-bond acceptors (Lipinski definition) is 7. The van der Waals surface area contributed by atoms with E-state index in [1.807, 2.05) is 43.3 Å². The number of thioether (sulfide) groups is 1. The van der Waals surface area contributed by atoms with Crippen molar-refractivity contribution in [1.82, 2.24) is 20.4 Å². The molecule has 4 rings (SSSR count). The SMILES string of the molecule is Cc1cccc(-c2nnc(CSc3nnc(-c4cccc(Cl)c4)o3)o2)c1. The Morgan fingerprint density at radius 3 is 2.42 bits per heavy atom. The number of halogens is 1. The summed E-state index contributed by atoms with van der Waals surface area (Å²) in [6.07, 6.45) is 0. The number of rotatable bonds is 5. The van der Waals surface area contributed by atoms with Crippen LogP contribution in [0.2, 0.25) is 5.02 Å². The molecule has 0 saturated heterocycles. The molecule has 2 aromatic heterocycles. The summed E-state index contributed by atoms with van der Waals surface area (Å²) < 4.78 is 11.3. The van der Waals surface area contributed by atoms with Gasteiger partial charge < -0.3 is 8.83 Å². The Morgan fingerprint density at radius 1 is 0.885 bits per heavy atom. The molecule has 0 N–H and O–H groups in total. The summed E-state index contributed by atoms with van der Waals surface area (Å²) >= 11 is 7.32. The summed E-state index contributed by atoms with van der Waals surface area (Å²) in [5.41, 5.74) is 2.81. The summed E-state index contributed by atoms with van der Waals surface area (Å²) in [7, 11) is 0. The number of aromatic nitrogens is 4. The molecule has 0 atom stereocenters. The molecule has 0 spiro atoms. The average Bonchev–Trinajstić information content (AvgIpc) is 3.30. The summed E-state index contributed by atoms with van der Waals surface area (Å²) in [4.78, 5) is 0. The fraction of sp³-hybridized carbons (Fsp3) is 0.111.